The maximum Gasteiger partial charge on any atom is 0.123 e. The summed E-state index contributed by atoms with van der Waals surface area (Å²) in [7, 11) is -2.47. The van der Waals surface area contributed by atoms with Crippen molar-refractivity contribution < 1.29 is 4.42 Å². The van der Waals surface area contributed by atoms with Gasteiger partial charge in [-0.05, 0) is 18.2 Å². The largest absolute Gasteiger partial charge is 0.472 e. The minimum atomic E-state index is -1.27. The second-order valence-corrected chi connectivity index (χ2v) is 16.1. The standard InChI is InChI=1S/C11H22OSi2/c1-9-10(13(2,3)4)8-11(12-9)14(5,6)7/h8H,1-7H3. The van der Waals surface area contributed by atoms with Crippen molar-refractivity contribution in [3.05, 3.63) is 11.8 Å². The zero-order chi connectivity index (χ0) is 11.1. The van der Waals surface area contributed by atoms with Crippen LogP contribution in [0.1, 0.15) is 5.76 Å². The van der Waals surface area contributed by atoms with E-state index >= 15 is 0 Å². The molecule has 3 heteroatoms. The Balaban J connectivity index is 3.19. The van der Waals surface area contributed by atoms with Crippen LogP contribution >= 0.6 is 0 Å². The lowest BCUT2D eigenvalue weighted by Crippen LogP contribution is -2.41. The Morgan fingerprint density at radius 2 is 1.43 bits per heavy atom. The number of furan rings is 1. The van der Waals surface area contributed by atoms with E-state index in [1.54, 1.807) is 0 Å². The monoisotopic (exact) mass is 226 g/mol. The van der Waals surface area contributed by atoms with E-state index in [1.165, 1.54) is 10.6 Å². The average Bonchev–Trinajstić information content (AvgIpc) is 2.27. The summed E-state index contributed by atoms with van der Waals surface area (Å²) in [5, 5.41) is 2.75. The van der Waals surface area contributed by atoms with Crippen molar-refractivity contribution in [2.75, 3.05) is 0 Å². The average molecular weight is 226 g/mol. The van der Waals surface area contributed by atoms with E-state index in [4.69, 9.17) is 4.42 Å². The zero-order valence-corrected chi connectivity index (χ0v) is 12.5. The highest BCUT2D eigenvalue weighted by atomic mass is 28.3. The van der Waals surface area contributed by atoms with Crippen LogP contribution in [0.2, 0.25) is 39.3 Å². The van der Waals surface area contributed by atoms with Crippen LogP contribution in [0.3, 0.4) is 0 Å². The third-order valence-corrected chi connectivity index (χ3v) is 6.30. The summed E-state index contributed by atoms with van der Waals surface area (Å²) in [5.41, 5.74) is 0. The molecule has 80 valence electrons. The van der Waals surface area contributed by atoms with Crippen molar-refractivity contribution in [1.29, 1.82) is 0 Å². The molecule has 0 fully saturated rings. The summed E-state index contributed by atoms with van der Waals surface area (Å²) >= 11 is 0. The van der Waals surface area contributed by atoms with Gasteiger partial charge in [-0.3, -0.25) is 0 Å². The van der Waals surface area contributed by atoms with Crippen LogP contribution in [0.15, 0.2) is 10.5 Å². The summed E-state index contributed by atoms with van der Waals surface area (Å²) in [4.78, 5) is 0. The molecule has 0 bridgehead atoms. The Morgan fingerprint density at radius 3 is 1.64 bits per heavy atom. The van der Waals surface area contributed by atoms with Gasteiger partial charge < -0.3 is 4.42 Å². The maximum atomic E-state index is 5.90. The van der Waals surface area contributed by atoms with E-state index in [1.807, 2.05) is 0 Å². The first-order chi connectivity index (χ1) is 6.12. The van der Waals surface area contributed by atoms with Crippen LogP contribution in [0.4, 0.5) is 0 Å². The van der Waals surface area contributed by atoms with Gasteiger partial charge in [0.05, 0.1) is 19.2 Å². The van der Waals surface area contributed by atoms with Crippen molar-refractivity contribution >= 4 is 26.7 Å². The maximum absolute atomic E-state index is 5.90. The molecule has 14 heavy (non-hydrogen) atoms. The Morgan fingerprint density at radius 1 is 0.929 bits per heavy atom. The molecule has 1 aromatic heterocycles. The molecule has 1 aromatic rings. The highest BCUT2D eigenvalue weighted by Gasteiger charge is 2.27. The number of aryl methyl sites for hydroxylation is 1. The van der Waals surface area contributed by atoms with E-state index in [0.717, 1.165) is 5.76 Å². The topological polar surface area (TPSA) is 13.1 Å². The first kappa shape index (κ1) is 11.8. The van der Waals surface area contributed by atoms with Crippen LogP contribution < -0.4 is 10.6 Å². The van der Waals surface area contributed by atoms with Gasteiger partial charge in [0.25, 0.3) is 0 Å². The van der Waals surface area contributed by atoms with Gasteiger partial charge in [-0.1, -0.05) is 39.3 Å². The fourth-order valence-corrected chi connectivity index (χ4v) is 4.45. The molecule has 0 aliphatic heterocycles. The van der Waals surface area contributed by atoms with Crippen LogP contribution in [0, 0.1) is 6.92 Å². The second kappa shape index (κ2) is 3.38. The van der Waals surface area contributed by atoms with E-state index in [-0.39, 0.29) is 0 Å². The van der Waals surface area contributed by atoms with Crippen LogP contribution in [-0.4, -0.2) is 16.1 Å². The smallest absolute Gasteiger partial charge is 0.123 e. The third-order valence-electron chi connectivity index (χ3n) is 2.46. The minimum absolute atomic E-state index is 1.15. The van der Waals surface area contributed by atoms with Crippen LogP contribution in [0.5, 0.6) is 0 Å². The molecule has 0 aliphatic carbocycles. The van der Waals surface area contributed by atoms with E-state index in [9.17, 15) is 0 Å². The molecule has 0 aromatic carbocycles. The van der Waals surface area contributed by atoms with Gasteiger partial charge in [0.2, 0.25) is 0 Å². The lowest BCUT2D eigenvalue weighted by Gasteiger charge is -2.14. The Labute approximate surface area is 89.5 Å². The van der Waals surface area contributed by atoms with Gasteiger partial charge in [0.15, 0.2) is 0 Å². The molecule has 0 aliphatic rings. The summed E-state index contributed by atoms with van der Waals surface area (Å²) in [5.74, 6) is 1.15. The molecular formula is C11H22OSi2. The van der Waals surface area contributed by atoms with Crippen molar-refractivity contribution in [3.8, 4) is 0 Å². The molecule has 0 saturated carbocycles. The van der Waals surface area contributed by atoms with Crippen molar-refractivity contribution in [2.24, 2.45) is 0 Å². The first-order valence-corrected chi connectivity index (χ1v) is 12.2. The predicted octanol–water partition coefficient (Wildman–Crippen LogP) is 2.68. The molecule has 1 heterocycles. The SMILES string of the molecule is Cc1oc([Si](C)(C)C)cc1[Si](C)(C)C. The zero-order valence-electron chi connectivity index (χ0n) is 10.5. The summed E-state index contributed by atoms with van der Waals surface area (Å²) < 4.78 is 5.90. The molecule has 0 unspecified atom stereocenters. The summed E-state index contributed by atoms with van der Waals surface area (Å²) in [6.07, 6.45) is 0. The fraction of sp³-hybridized carbons (Fsp3) is 0.636. The number of hydrogen-bond donors (Lipinski definition) is 0. The van der Waals surface area contributed by atoms with Gasteiger partial charge in [-0.2, -0.15) is 0 Å². The highest BCUT2D eigenvalue weighted by molar-refractivity contribution is 6.91. The second-order valence-electron chi connectivity index (χ2n) is 6.08. The molecule has 0 atom stereocenters. The van der Waals surface area contributed by atoms with Gasteiger partial charge in [0.1, 0.15) is 8.07 Å². The summed E-state index contributed by atoms with van der Waals surface area (Å²) in [6.45, 7) is 16.2. The van der Waals surface area contributed by atoms with Gasteiger partial charge in [-0.15, -0.1) is 0 Å². The Bertz CT molecular complexity index is 326. The Hall–Kier alpha value is -0.286. The molecule has 1 rings (SSSR count). The van der Waals surface area contributed by atoms with Gasteiger partial charge in [-0.25, -0.2) is 0 Å². The quantitative estimate of drug-likeness (QED) is 0.707. The normalized spacial score (nSPS) is 13.4. The molecule has 1 nitrogen and oxygen atoms in total. The first-order valence-electron chi connectivity index (χ1n) is 5.24. The van der Waals surface area contributed by atoms with E-state index in [2.05, 4.69) is 52.3 Å². The fourth-order valence-electron chi connectivity index (χ4n) is 1.60. The van der Waals surface area contributed by atoms with Crippen LogP contribution in [0.25, 0.3) is 0 Å². The van der Waals surface area contributed by atoms with E-state index < -0.39 is 16.1 Å². The van der Waals surface area contributed by atoms with Crippen LogP contribution in [-0.2, 0) is 0 Å². The third kappa shape index (κ3) is 2.39. The predicted molar refractivity (Wildman–Crippen MR) is 69.4 cm³/mol. The molecule has 0 amide bonds. The van der Waals surface area contributed by atoms with Crippen molar-refractivity contribution in [1.82, 2.24) is 0 Å². The van der Waals surface area contributed by atoms with Crippen molar-refractivity contribution in [2.45, 2.75) is 46.2 Å². The minimum Gasteiger partial charge on any atom is -0.472 e. The number of hydrogen-bond acceptors (Lipinski definition) is 1. The van der Waals surface area contributed by atoms with Gasteiger partial charge >= 0.3 is 0 Å². The lowest BCUT2D eigenvalue weighted by molar-refractivity contribution is 0.564. The number of rotatable bonds is 2. The molecule has 0 N–H and O–H groups in total. The molecular weight excluding hydrogens is 204 g/mol. The highest BCUT2D eigenvalue weighted by Crippen LogP contribution is 2.10. The van der Waals surface area contributed by atoms with Crippen molar-refractivity contribution in [3.63, 3.8) is 0 Å². The van der Waals surface area contributed by atoms with Gasteiger partial charge in [0, 0.05) is 0 Å². The molecule has 0 saturated heterocycles. The Kier molecular flexibility index (Phi) is 2.85. The van der Waals surface area contributed by atoms with E-state index in [0.29, 0.717) is 0 Å². The summed E-state index contributed by atoms with van der Waals surface area (Å²) in [6, 6.07) is 2.33. The lowest BCUT2D eigenvalue weighted by atomic mass is 10.5. The molecule has 0 radical (unpaired) electrons. The molecule has 0 spiro atoms.